The molecule has 0 aliphatic heterocycles. The van der Waals surface area contributed by atoms with Crippen molar-refractivity contribution in [2.75, 3.05) is 13.1 Å². The summed E-state index contributed by atoms with van der Waals surface area (Å²) in [6.45, 7) is 13.7. The van der Waals surface area contributed by atoms with Crippen LogP contribution in [0, 0.1) is 44.3 Å². The molecule has 2 aromatic rings. The zero-order valence-corrected chi connectivity index (χ0v) is 21.4. The van der Waals surface area contributed by atoms with E-state index < -0.39 is 11.6 Å². The van der Waals surface area contributed by atoms with Crippen LogP contribution >= 0.6 is 0 Å². The molecule has 33 heavy (non-hydrogen) atoms. The van der Waals surface area contributed by atoms with Crippen LogP contribution in [0.3, 0.4) is 0 Å². The summed E-state index contributed by atoms with van der Waals surface area (Å²) in [5.41, 5.74) is 9.30. The number of rotatable bonds is 6. The predicted molar refractivity (Wildman–Crippen MR) is 142 cm³/mol. The van der Waals surface area contributed by atoms with E-state index in [4.69, 9.17) is 5.73 Å². The third-order valence-electron chi connectivity index (χ3n) is 4.49. The van der Waals surface area contributed by atoms with Gasteiger partial charge in [0, 0.05) is 11.6 Å². The number of halogens is 2. The van der Waals surface area contributed by atoms with Gasteiger partial charge in [0.2, 0.25) is 0 Å². The highest BCUT2D eigenvalue weighted by Gasteiger charge is 2.43. The van der Waals surface area contributed by atoms with Gasteiger partial charge in [-0.05, 0) is 74.5 Å². The van der Waals surface area contributed by atoms with Gasteiger partial charge < -0.3 is 11.1 Å². The zero-order chi connectivity index (χ0) is 26.3. The second-order valence-corrected chi connectivity index (χ2v) is 6.65. The predicted octanol–water partition coefficient (Wildman–Crippen LogP) is 7.00. The largest absolute Gasteiger partial charge is 0.330 e. The van der Waals surface area contributed by atoms with Gasteiger partial charge in [-0.3, -0.25) is 0 Å². The monoisotopic (exact) mass is 458 g/mol. The molecule has 4 heteroatoms. The van der Waals surface area contributed by atoms with E-state index in [1.165, 1.54) is 36.1 Å². The van der Waals surface area contributed by atoms with Gasteiger partial charge in [0.1, 0.15) is 11.6 Å². The molecule has 3 N–H and O–H groups in total. The average Bonchev–Trinajstić information content (AvgIpc) is 3.65. The Labute approximate surface area is 202 Å². The highest BCUT2D eigenvalue weighted by molar-refractivity contribution is 5.33. The second-order valence-electron chi connectivity index (χ2n) is 6.65. The van der Waals surface area contributed by atoms with Crippen molar-refractivity contribution in [2.24, 2.45) is 5.73 Å². The van der Waals surface area contributed by atoms with Crippen molar-refractivity contribution in [1.82, 2.24) is 5.32 Å². The van der Waals surface area contributed by atoms with Crippen LogP contribution in [0.2, 0.25) is 0 Å². The summed E-state index contributed by atoms with van der Waals surface area (Å²) in [5, 5.41) is 3.66. The van der Waals surface area contributed by atoms with Gasteiger partial charge in [-0.1, -0.05) is 58.9 Å². The average molecular weight is 459 g/mol. The van der Waals surface area contributed by atoms with Crippen LogP contribution in [0.15, 0.2) is 42.5 Å². The molecule has 2 nitrogen and oxygen atoms in total. The fraction of sp³-hybridized carbons (Fsp3) is 0.448. The lowest BCUT2D eigenvalue weighted by atomic mass is 10.0. The van der Waals surface area contributed by atoms with E-state index in [-0.39, 0.29) is 5.54 Å². The summed E-state index contributed by atoms with van der Waals surface area (Å²) in [6, 6.07) is 12.4. The fourth-order valence-corrected chi connectivity index (χ4v) is 2.90. The molecule has 0 radical (unpaired) electrons. The van der Waals surface area contributed by atoms with Crippen LogP contribution in [0.5, 0.6) is 0 Å². The number of aryl methyl sites for hydroxylation is 2. The molecule has 184 valence electrons. The zero-order valence-electron chi connectivity index (χ0n) is 21.4. The Balaban J connectivity index is -0.000000451. The van der Waals surface area contributed by atoms with E-state index in [2.05, 4.69) is 62.2 Å². The summed E-state index contributed by atoms with van der Waals surface area (Å²) in [6.07, 6.45) is 20.7. The van der Waals surface area contributed by atoms with Crippen LogP contribution < -0.4 is 11.1 Å². The molecule has 0 saturated heterocycles. The van der Waals surface area contributed by atoms with E-state index in [0.29, 0.717) is 5.56 Å². The van der Waals surface area contributed by atoms with Gasteiger partial charge >= 0.3 is 0 Å². The first-order valence-electron chi connectivity index (χ1n) is 11.6. The summed E-state index contributed by atoms with van der Waals surface area (Å²) < 4.78 is 24.4. The lowest BCUT2D eigenvalue weighted by Crippen LogP contribution is -2.30. The van der Waals surface area contributed by atoms with Gasteiger partial charge in [-0.25, -0.2) is 8.78 Å². The molecule has 1 aliphatic rings. The van der Waals surface area contributed by atoms with Gasteiger partial charge in [0.05, 0.1) is 0 Å². The first-order chi connectivity index (χ1) is 16.0. The number of nitrogens with two attached hydrogens (primary N) is 1. The quantitative estimate of drug-likeness (QED) is 0.361. The molecule has 0 unspecified atom stereocenters. The summed E-state index contributed by atoms with van der Waals surface area (Å²) in [5.74, 6) is -1.04. The Morgan fingerprint density at radius 2 is 1.42 bits per heavy atom. The van der Waals surface area contributed by atoms with E-state index >= 15 is 0 Å². The Morgan fingerprint density at radius 3 is 1.82 bits per heavy atom. The third kappa shape index (κ3) is 14.9. The molecular weight excluding hydrogens is 414 g/mol. The Kier molecular flexibility index (Phi) is 23.9. The summed E-state index contributed by atoms with van der Waals surface area (Å²) in [7, 11) is 0. The number of hydrogen-bond donors (Lipinski definition) is 2. The molecule has 0 heterocycles. The van der Waals surface area contributed by atoms with Crippen molar-refractivity contribution in [2.45, 2.75) is 72.8 Å². The smallest absolute Gasteiger partial charge is 0.126 e. The van der Waals surface area contributed by atoms with Crippen molar-refractivity contribution < 1.29 is 8.78 Å². The van der Waals surface area contributed by atoms with E-state index in [0.717, 1.165) is 32.0 Å². The molecule has 0 spiro atoms. The number of hydrogen-bond acceptors (Lipinski definition) is 2. The van der Waals surface area contributed by atoms with E-state index in [9.17, 15) is 8.78 Å². The Morgan fingerprint density at radius 1 is 0.909 bits per heavy atom. The minimum Gasteiger partial charge on any atom is -0.330 e. The number of benzene rings is 2. The van der Waals surface area contributed by atoms with Crippen LogP contribution in [-0.2, 0) is 12.0 Å². The Bertz CT molecular complexity index is 706. The SMILES string of the molecule is C#C.C#C.CC.CC.CCc1cccc(C2(NCCCN)CC2)c1.Cc1cc(F)cc(F)c1. The van der Waals surface area contributed by atoms with Crippen molar-refractivity contribution in [3.8, 4) is 25.7 Å². The lowest BCUT2D eigenvalue weighted by Gasteiger charge is -2.18. The molecule has 1 saturated carbocycles. The fourth-order valence-electron chi connectivity index (χ4n) is 2.90. The van der Waals surface area contributed by atoms with Crippen molar-refractivity contribution in [3.05, 3.63) is 70.8 Å². The molecule has 0 bridgehead atoms. The number of nitrogens with one attached hydrogen (secondary N) is 1. The lowest BCUT2D eigenvalue weighted by molar-refractivity contribution is 0.511. The maximum atomic E-state index is 12.2. The van der Waals surface area contributed by atoms with E-state index in [1.54, 1.807) is 6.92 Å². The van der Waals surface area contributed by atoms with Crippen LogP contribution in [0.4, 0.5) is 8.78 Å². The first-order valence-corrected chi connectivity index (χ1v) is 11.6. The van der Waals surface area contributed by atoms with Gasteiger partial charge in [0.25, 0.3) is 0 Å². The third-order valence-corrected chi connectivity index (χ3v) is 4.49. The van der Waals surface area contributed by atoms with Crippen molar-refractivity contribution in [3.63, 3.8) is 0 Å². The molecule has 1 fully saturated rings. The standard InChI is InChI=1S/C14H22N2.C7H6F2.2C2H6.2C2H2/c1-2-12-5-3-6-13(11-12)14(7-8-14)16-10-4-9-15;1-5-2-6(8)4-7(9)3-5;4*1-2/h3,5-6,11,16H,2,4,7-10,15H2,1H3;2-4H,1H3;2*1-2H3;2*1-2H. The first kappa shape index (κ1) is 34.9. The van der Waals surface area contributed by atoms with Crippen LogP contribution in [-0.4, -0.2) is 13.1 Å². The number of terminal acetylenes is 2. The molecule has 0 amide bonds. The summed E-state index contributed by atoms with van der Waals surface area (Å²) in [4.78, 5) is 0. The molecule has 2 aromatic carbocycles. The Hall–Kier alpha value is -2.66. The van der Waals surface area contributed by atoms with Gasteiger partial charge in [0.15, 0.2) is 0 Å². The normalized spacial score (nSPS) is 11.5. The summed E-state index contributed by atoms with van der Waals surface area (Å²) >= 11 is 0. The maximum absolute atomic E-state index is 12.2. The van der Waals surface area contributed by atoms with Crippen molar-refractivity contribution >= 4 is 0 Å². The highest BCUT2D eigenvalue weighted by Crippen LogP contribution is 2.45. The second kappa shape index (κ2) is 22.5. The molecular formula is C29H44F2N2. The maximum Gasteiger partial charge on any atom is 0.126 e. The topological polar surface area (TPSA) is 38.0 Å². The van der Waals surface area contributed by atoms with Gasteiger partial charge in [-0.15, -0.1) is 25.7 Å². The van der Waals surface area contributed by atoms with E-state index in [1.807, 2.05) is 27.7 Å². The van der Waals surface area contributed by atoms with Crippen molar-refractivity contribution in [1.29, 1.82) is 0 Å². The minimum absolute atomic E-state index is 0.278. The molecule has 0 aromatic heterocycles. The molecule has 0 atom stereocenters. The van der Waals surface area contributed by atoms with Crippen LogP contribution in [0.25, 0.3) is 0 Å². The molecule has 1 aliphatic carbocycles. The van der Waals surface area contributed by atoms with Gasteiger partial charge in [-0.2, -0.15) is 0 Å². The highest BCUT2D eigenvalue weighted by atomic mass is 19.1. The minimum atomic E-state index is -0.521. The molecule has 3 rings (SSSR count). The van der Waals surface area contributed by atoms with Crippen LogP contribution in [0.1, 0.15) is 70.6 Å².